The first kappa shape index (κ1) is 34.2. The lowest BCUT2D eigenvalue weighted by Gasteiger charge is -2.71. The second kappa shape index (κ2) is 12.3. The third-order valence-electron chi connectivity index (χ3n) is 16.1. The average molecular weight is 635 g/mol. The van der Waals surface area contributed by atoms with Crippen molar-refractivity contribution in [1.82, 2.24) is 10.2 Å². The van der Waals surface area contributed by atoms with Gasteiger partial charge in [-0.05, 0) is 123 Å². The molecule has 0 aromatic rings. The molecule has 6 rings (SSSR count). The van der Waals surface area contributed by atoms with Gasteiger partial charge in [0.05, 0.1) is 12.0 Å². The van der Waals surface area contributed by atoms with Gasteiger partial charge in [0.2, 0.25) is 5.91 Å². The third kappa shape index (κ3) is 5.25. The molecule has 0 spiro atoms. The summed E-state index contributed by atoms with van der Waals surface area (Å²) in [4.78, 5) is 34.8. The zero-order chi connectivity index (χ0) is 33.1. The van der Waals surface area contributed by atoms with E-state index in [2.05, 4.69) is 69.8 Å². The molecular formula is C40H66N4O2. The highest BCUT2D eigenvalue weighted by molar-refractivity contribution is 5.99. The van der Waals surface area contributed by atoms with Crippen molar-refractivity contribution >= 4 is 17.6 Å². The Morgan fingerprint density at radius 3 is 2.35 bits per heavy atom. The molecule has 0 bridgehead atoms. The second-order valence-electron chi connectivity index (χ2n) is 18.3. The minimum absolute atomic E-state index is 0.0565. The Labute approximate surface area is 280 Å². The molecule has 46 heavy (non-hydrogen) atoms. The van der Waals surface area contributed by atoms with Gasteiger partial charge in [-0.25, -0.2) is 0 Å². The summed E-state index contributed by atoms with van der Waals surface area (Å²) in [6.07, 6.45) is 18.3. The van der Waals surface area contributed by atoms with Crippen LogP contribution in [0.3, 0.4) is 0 Å². The number of ketones is 1. The highest BCUT2D eigenvalue weighted by Gasteiger charge is 2.69. The third-order valence-corrected chi connectivity index (χ3v) is 16.1. The van der Waals surface area contributed by atoms with Crippen LogP contribution >= 0.6 is 0 Å². The van der Waals surface area contributed by atoms with E-state index in [4.69, 9.17) is 5.73 Å². The molecule has 6 heteroatoms. The van der Waals surface area contributed by atoms with Gasteiger partial charge in [-0.3, -0.25) is 19.9 Å². The maximum absolute atomic E-state index is 14.5. The number of guanidine groups is 1. The molecule has 9 atom stereocenters. The van der Waals surface area contributed by atoms with E-state index >= 15 is 0 Å². The molecule has 0 radical (unpaired) electrons. The van der Waals surface area contributed by atoms with Crippen LogP contribution in [-0.2, 0) is 9.59 Å². The van der Waals surface area contributed by atoms with Crippen LogP contribution < -0.4 is 11.1 Å². The van der Waals surface area contributed by atoms with Crippen molar-refractivity contribution in [2.45, 2.75) is 138 Å². The quantitative estimate of drug-likeness (QED) is 0.187. The average Bonchev–Trinajstić information content (AvgIpc) is 2.98. The number of allylic oxidation sites excluding steroid dienone is 2. The lowest BCUT2D eigenvalue weighted by Crippen LogP contribution is -2.66. The zero-order valence-electron chi connectivity index (χ0n) is 30.5. The number of amides is 1. The minimum atomic E-state index is -0.427. The Morgan fingerprint density at radius 1 is 0.935 bits per heavy atom. The standard InChI is InChI=1S/C40H66N4O2/c1-27-15-20-40(34(46)43-35(41)42-23-26-44-24-11-9-8-10-12-25-44)22-21-38(6)29(33(40)28(27)2)13-14-31-37(5)18-17-32(45)36(3,4)30(37)16-19-39(31,38)7/h13,27-28,30-31,33H,8-12,14-26H2,1-7H3,(H3,41,42,43,46)/t27-,28+,30?,31?,33?,37+,38-,39-,40+/m1/s1. The molecule has 1 amide bonds. The van der Waals surface area contributed by atoms with Crippen LogP contribution in [0.25, 0.3) is 0 Å². The summed E-state index contributed by atoms with van der Waals surface area (Å²) in [6.45, 7) is 20.8. The first-order valence-electron chi connectivity index (χ1n) is 19.3. The molecule has 0 aromatic carbocycles. The number of fused-ring (bicyclic) bond motifs is 7. The van der Waals surface area contributed by atoms with Gasteiger partial charge in [-0.2, -0.15) is 0 Å². The van der Waals surface area contributed by atoms with Crippen LogP contribution in [0.5, 0.6) is 0 Å². The van der Waals surface area contributed by atoms with Crippen LogP contribution in [0.15, 0.2) is 16.6 Å². The molecule has 4 saturated carbocycles. The number of carbonyl (C=O) groups is 2. The number of nitrogens with one attached hydrogen (secondary N) is 1. The highest BCUT2D eigenvalue weighted by atomic mass is 16.2. The van der Waals surface area contributed by atoms with Crippen molar-refractivity contribution in [2.75, 3.05) is 26.2 Å². The van der Waals surface area contributed by atoms with E-state index < -0.39 is 5.41 Å². The Morgan fingerprint density at radius 2 is 1.63 bits per heavy atom. The number of rotatable bonds is 4. The van der Waals surface area contributed by atoms with Crippen LogP contribution in [0.2, 0.25) is 0 Å². The van der Waals surface area contributed by atoms with Gasteiger partial charge < -0.3 is 10.6 Å². The summed E-state index contributed by atoms with van der Waals surface area (Å²) in [5.74, 6) is 3.15. The first-order valence-corrected chi connectivity index (χ1v) is 19.3. The van der Waals surface area contributed by atoms with E-state index in [-0.39, 0.29) is 33.5 Å². The molecule has 1 aliphatic heterocycles. The fourth-order valence-electron chi connectivity index (χ4n) is 12.8. The number of carbonyl (C=O) groups excluding carboxylic acids is 2. The van der Waals surface area contributed by atoms with Crippen molar-refractivity contribution in [3.05, 3.63) is 11.6 Å². The van der Waals surface area contributed by atoms with Gasteiger partial charge in [0.15, 0.2) is 5.96 Å². The van der Waals surface area contributed by atoms with Crippen LogP contribution in [0, 0.1) is 56.7 Å². The lowest BCUT2D eigenvalue weighted by molar-refractivity contribution is -0.186. The molecule has 258 valence electrons. The second-order valence-corrected chi connectivity index (χ2v) is 18.3. The number of hydrogen-bond acceptors (Lipinski definition) is 4. The maximum Gasteiger partial charge on any atom is 0.233 e. The molecule has 3 N–H and O–H groups in total. The molecular weight excluding hydrogens is 568 g/mol. The monoisotopic (exact) mass is 635 g/mol. The van der Waals surface area contributed by atoms with Crippen molar-refractivity contribution < 1.29 is 9.59 Å². The molecule has 6 nitrogen and oxygen atoms in total. The number of aliphatic imine (C=N–C) groups is 1. The van der Waals surface area contributed by atoms with Crippen molar-refractivity contribution in [1.29, 1.82) is 0 Å². The first-order chi connectivity index (χ1) is 21.7. The molecule has 6 aliphatic rings. The molecule has 1 saturated heterocycles. The number of nitrogens with two attached hydrogens (primary N) is 1. The Kier molecular flexibility index (Phi) is 9.16. The largest absolute Gasteiger partial charge is 0.370 e. The van der Waals surface area contributed by atoms with E-state index in [1.165, 1.54) is 38.5 Å². The van der Waals surface area contributed by atoms with Crippen molar-refractivity contribution in [2.24, 2.45) is 67.4 Å². The summed E-state index contributed by atoms with van der Waals surface area (Å²) >= 11 is 0. The molecule has 0 aromatic heterocycles. The highest BCUT2D eigenvalue weighted by Crippen LogP contribution is 2.75. The summed E-state index contributed by atoms with van der Waals surface area (Å²) in [7, 11) is 0. The van der Waals surface area contributed by atoms with Gasteiger partial charge >= 0.3 is 0 Å². The summed E-state index contributed by atoms with van der Waals surface area (Å²) in [5.41, 5.74) is 7.77. The number of Topliss-reactive ketones (excluding diaryl/α,β-unsaturated/α-hetero) is 1. The summed E-state index contributed by atoms with van der Waals surface area (Å²) in [5, 5.41) is 3.18. The minimum Gasteiger partial charge on any atom is -0.370 e. The van der Waals surface area contributed by atoms with Gasteiger partial charge in [-0.15, -0.1) is 0 Å². The van der Waals surface area contributed by atoms with Gasteiger partial charge in [0.25, 0.3) is 0 Å². The zero-order valence-corrected chi connectivity index (χ0v) is 30.5. The Balaban J connectivity index is 1.25. The van der Waals surface area contributed by atoms with Crippen LogP contribution in [0.4, 0.5) is 0 Å². The smallest absolute Gasteiger partial charge is 0.233 e. The summed E-state index contributed by atoms with van der Waals surface area (Å²) < 4.78 is 0. The normalized spacial score (nSPS) is 44.8. The fraction of sp³-hybridized carbons (Fsp3) is 0.875. The number of likely N-dealkylation sites (tertiary alicyclic amines) is 1. The topological polar surface area (TPSA) is 87.8 Å². The number of hydrogen-bond donors (Lipinski definition) is 2. The molecule has 5 fully saturated rings. The van der Waals surface area contributed by atoms with E-state index in [9.17, 15) is 9.59 Å². The van der Waals surface area contributed by atoms with E-state index in [1.807, 2.05) is 0 Å². The predicted octanol–water partition coefficient (Wildman–Crippen LogP) is 7.91. The lowest BCUT2D eigenvalue weighted by atomic mass is 9.33. The van der Waals surface area contributed by atoms with Crippen LogP contribution in [-0.4, -0.2) is 48.7 Å². The van der Waals surface area contributed by atoms with Crippen LogP contribution in [0.1, 0.15) is 138 Å². The molecule has 3 unspecified atom stereocenters. The van der Waals surface area contributed by atoms with Gasteiger partial charge in [0.1, 0.15) is 5.78 Å². The summed E-state index contributed by atoms with van der Waals surface area (Å²) in [6, 6.07) is 0. The SMILES string of the molecule is C[C@@H]1CC[C@]2(C(=O)NC(N)=NCCN3CCCCCCC3)CC[C@]3(C)C(=CCC4[C@@]5(C)CCC(=O)C(C)(C)C5CC[C@]43C)C2[C@H]1C. The predicted molar refractivity (Wildman–Crippen MR) is 188 cm³/mol. The fourth-order valence-corrected chi connectivity index (χ4v) is 12.8. The van der Waals surface area contributed by atoms with Gasteiger partial charge in [-0.1, -0.05) is 79.4 Å². The maximum atomic E-state index is 14.5. The number of nitrogens with zero attached hydrogens (tertiary/aromatic N) is 2. The molecule has 5 aliphatic carbocycles. The Hall–Kier alpha value is -1.69. The van der Waals surface area contributed by atoms with Crippen molar-refractivity contribution in [3.8, 4) is 0 Å². The Bertz CT molecular complexity index is 1250. The van der Waals surface area contributed by atoms with E-state index in [1.54, 1.807) is 5.57 Å². The van der Waals surface area contributed by atoms with Gasteiger partial charge in [0, 0.05) is 18.4 Å². The van der Waals surface area contributed by atoms with E-state index in [0.29, 0.717) is 42.0 Å². The van der Waals surface area contributed by atoms with Crippen molar-refractivity contribution in [3.63, 3.8) is 0 Å². The van der Waals surface area contributed by atoms with E-state index in [0.717, 1.165) is 71.0 Å². The molecule has 1 heterocycles.